The number of benzene rings is 1. The smallest absolute Gasteiger partial charge is 0.278 e. The molecule has 0 saturated carbocycles. The molecule has 0 spiro atoms. The zero-order valence-electron chi connectivity index (χ0n) is 14.7. The number of carbonyl (C=O) groups excluding carboxylic acids is 2. The molecule has 1 aliphatic heterocycles. The Morgan fingerprint density at radius 2 is 1.86 bits per heavy atom. The van der Waals surface area contributed by atoms with Crippen LogP contribution < -0.4 is 4.90 Å². The Bertz CT molecular complexity index is 1160. The molecule has 3 heterocycles. The average molecular weight is 471 g/mol. The van der Waals surface area contributed by atoms with Crippen LogP contribution in [-0.2, 0) is 0 Å². The normalized spacial score (nSPS) is 13.6. The summed E-state index contributed by atoms with van der Waals surface area (Å²) in [6.45, 7) is -0.0230. The van der Waals surface area contributed by atoms with Gasteiger partial charge in [0.1, 0.15) is 12.4 Å². The van der Waals surface area contributed by atoms with Crippen molar-refractivity contribution in [3.63, 3.8) is 0 Å². The zero-order valence-corrected chi connectivity index (χ0v) is 17.8. The number of rotatable bonds is 2. The van der Waals surface area contributed by atoms with Crippen molar-refractivity contribution >= 4 is 63.9 Å². The van der Waals surface area contributed by atoms with Gasteiger partial charge in [-0.05, 0) is 24.3 Å². The quantitative estimate of drug-likeness (QED) is 0.549. The molecule has 11 heteroatoms. The van der Waals surface area contributed by atoms with E-state index in [1.165, 1.54) is 38.9 Å². The van der Waals surface area contributed by atoms with Gasteiger partial charge in [-0.1, -0.05) is 46.4 Å². The summed E-state index contributed by atoms with van der Waals surface area (Å²) in [5.41, 5.74) is 0.591. The number of amides is 2. The molecule has 1 aliphatic rings. The van der Waals surface area contributed by atoms with E-state index in [4.69, 9.17) is 46.4 Å². The molecule has 4 rings (SSSR count). The summed E-state index contributed by atoms with van der Waals surface area (Å²) in [4.78, 5) is 33.0. The minimum Gasteiger partial charge on any atom is -0.323 e. The van der Waals surface area contributed by atoms with Crippen molar-refractivity contribution in [2.75, 3.05) is 18.6 Å². The van der Waals surface area contributed by atoms with Crippen LogP contribution in [0.25, 0.3) is 5.82 Å². The van der Waals surface area contributed by atoms with Gasteiger partial charge in [-0.3, -0.25) is 14.5 Å². The van der Waals surface area contributed by atoms with E-state index in [9.17, 15) is 9.59 Å². The fraction of sp³-hybridized carbons (Fsp3) is 0.111. The highest BCUT2D eigenvalue weighted by atomic mass is 35.5. The van der Waals surface area contributed by atoms with Crippen molar-refractivity contribution in [2.45, 2.75) is 0 Å². The average Bonchev–Trinajstić information content (AvgIpc) is 3.06. The maximum atomic E-state index is 13.5. The molecule has 0 fully saturated rings. The van der Waals surface area contributed by atoms with Gasteiger partial charge in [0, 0.05) is 24.3 Å². The van der Waals surface area contributed by atoms with Crippen LogP contribution in [0.4, 0.5) is 5.69 Å². The Hall–Kier alpha value is -2.32. The predicted molar refractivity (Wildman–Crippen MR) is 112 cm³/mol. The van der Waals surface area contributed by atoms with Gasteiger partial charge in [0.2, 0.25) is 0 Å². The van der Waals surface area contributed by atoms with Gasteiger partial charge >= 0.3 is 0 Å². The maximum Gasteiger partial charge on any atom is 0.278 e. The molecule has 3 aromatic rings. The second kappa shape index (κ2) is 7.50. The lowest BCUT2D eigenvalue weighted by Gasteiger charge is -2.35. The Kier molecular flexibility index (Phi) is 5.16. The highest BCUT2D eigenvalue weighted by Crippen LogP contribution is 2.37. The summed E-state index contributed by atoms with van der Waals surface area (Å²) >= 11 is 24.7. The number of anilines is 1. The Labute approximate surface area is 185 Å². The Morgan fingerprint density at radius 1 is 1.10 bits per heavy atom. The molecule has 7 nitrogen and oxygen atoms in total. The highest BCUT2D eigenvalue weighted by Gasteiger charge is 2.35. The summed E-state index contributed by atoms with van der Waals surface area (Å²) in [5.74, 6) is -0.544. The summed E-state index contributed by atoms with van der Waals surface area (Å²) in [7, 11) is 1.57. The summed E-state index contributed by atoms with van der Waals surface area (Å²) in [6.07, 6.45) is 1.52. The zero-order chi connectivity index (χ0) is 20.9. The lowest BCUT2D eigenvalue weighted by molar-refractivity contribution is 0.0768. The minimum atomic E-state index is -0.490. The first-order valence-electron chi connectivity index (χ1n) is 8.20. The SMILES string of the molecule is CN1CN(C(=O)c2cc(Cl)nn2-c2ncccc2Cl)c2c(Cl)cc(Cl)cc2C1=O. The largest absolute Gasteiger partial charge is 0.323 e. The third-order valence-electron chi connectivity index (χ3n) is 4.31. The number of hydrogen-bond donors (Lipinski definition) is 0. The van der Waals surface area contributed by atoms with E-state index in [-0.39, 0.29) is 55.6 Å². The number of hydrogen-bond acceptors (Lipinski definition) is 4. The van der Waals surface area contributed by atoms with Crippen LogP contribution in [0.5, 0.6) is 0 Å². The predicted octanol–water partition coefficient (Wildman–Crippen LogP) is 4.57. The molecule has 1 aromatic carbocycles. The van der Waals surface area contributed by atoms with Gasteiger partial charge in [0.25, 0.3) is 11.8 Å². The van der Waals surface area contributed by atoms with E-state index in [0.29, 0.717) is 0 Å². The Morgan fingerprint density at radius 3 is 2.59 bits per heavy atom. The number of carbonyl (C=O) groups is 2. The fourth-order valence-corrected chi connectivity index (χ4v) is 4.04. The molecule has 0 N–H and O–H groups in total. The second-order valence-corrected chi connectivity index (χ2v) is 7.87. The van der Waals surface area contributed by atoms with Gasteiger partial charge in [-0.25, -0.2) is 9.67 Å². The van der Waals surface area contributed by atoms with Gasteiger partial charge in [-0.15, -0.1) is 0 Å². The number of nitrogens with zero attached hydrogens (tertiary/aromatic N) is 5. The van der Waals surface area contributed by atoms with E-state index in [0.717, 1.165) is 0 Å². The molecular weight excluding hydrogens is 460 g/mol. The van der Waals surface area contributed by atoms with Gasteiger partial charge < -0.3 is 4.90 Å². The standard InChI is InChI=1S/C18H11Cl4N5O2/c1-25-8-26(15-10(17(25)28)5-9(19)6-12(15)21)18(29)13-7-14(22)24-27(13)16-11(20)3-2-4-23-16/h2-7H,8H2,1H3. The van der Waals surface area contributed by atoms with Crippen molar-refractivity contribution in [2.24, 2.45) is 0 Å². The van der Waals surface area contributed by atoms with Crippen LogP contribution in [0.2, 0.25) is 20.2 Å². The second-order valence-electron chi connectivity index (χ2n) is 6.23. The number of fused-ring (bicyclic) bond motifs is 1. The van der Waals surface area contributed by atoms with E-state index in [2.05, 4.69) is 10.1 Å². The van der Waals surface area contributed by atoms with Crippen molar-refractivity contribution in [3.8, 4) is 5.82 Å². The molecule has 0 saturated heterocycles. The lowest BCUT2D eigenvalue weighted by Crippen LogP contribution is -2.48. The molecule has 0 unspecified atom stereocenters. The van der Waals surface area contributed by atoms with E-state index in [1.807, 2.05) is 0 Å². The van der Waals surface area contributed by atoms with Crippen molar-refractivity contribution < 1.29 is 9.59 Å². The highest BCUT2D eigenvalue weighted by molar-refractivity contribution is 6.38. The van der Waals surface area contributed by atoms with Crippen molar-refractivity contribution in [3.05, 3.63) is 68.0 Å². The molecule has 29 heavy (non-hydrogen) atoms. The van der Waals surface area contributed by atoms with E-state index in [1.54, 1.807) is 19.2 Å². The third-order valence-corrected chi connectivity index (χ3v) is 5.30. The monoisotopic (exact) mass is 469 g/mol. The molecule has 0 radical (unpaired) electrons. The van der Waals surface area contributed by atoms with Gasteiger partial charge in [-0.2, -0.15) is 5.10 Å². The topological polar surface area (TPSA) is 71.3 Å². The van der Waals surface area contributed by atoms with Crippen LogP contribution in [0.1, 0.15) is 20.8 Å². The summed E-state index contributed by atoms with van der Waals surface area (Å²) in [5, 5.41) is 4.97. The number of aromatic nitrogens is 3. The molecule has 148 valence electrons. The lowest BCUT2D eigenvalue weighted by atomic mass is 10.1. The fourth-order valence-electron chi connectivity index (χ4n) is 3.06. The molecule has 0 atom stereocenters. The van der Waals surface area contributed by atoms with E-state index < -0.39 is 5.91 Å². The van der Waals surface area contributed by atoms with Gasteiger partial charge in [0.05, 0.1) is 21.3 Å². The molecule has 0 bridgehead atoms. The minimum absolute atomic E-state index is 0.0230. The van der Waals surface area contributed by atoms with Crippen LogP contribution in [0.15, 0.2) is 36.5 Å². The van der Waals surface area contributed by atoms with Gasteiger partial charge in [0.15, 0.2) is 11.0 Å². The van der Waals surface area contributed by atoms with Crippen molar-refractivity contribution in [1.29, 1.82) is 0 Å². The number of pyridine rings is 1. The van der Waals surface area contributed by atoms with Crippen LogP contribution in [0.3, 0.4) is 0 Å². The molecular formula is C18H11Cl4N5O2. The summed E-state index contributed by atoms with van der Waals surface area (Å²) < 4.78 is 1.26. The first kappa shape index (κ1) is 20.0. The van der Waals surface area contributed by atoms with Crippen LogP contribution in [0, 0.1) is 0 Å². The summed E-state index contributed by atoms with van der Waals surface area (Å²) in [6, 6.07) is 7.62. The van der Waals surface area contributed by atoms with E-state index >= 15 is 0 Å². The molecule has 2 amide bonds. The van der Waals surface area contributed by atoms with Crippen molar-refractivity contribution in [1.82, 2.24) is 19.7 Å². The maximum absolute atomic E-state index is 13.5. The Balaban J connectivity index is 1.87. The van der Waals surface area contributed by atoms with Crippen LogP contribution in [-0.4, -0.2) is 45.2 Å². The van der Waals surface area contributed by atoms with Crippen LogP contribution >= 0.6 is 46.4 Å². The molecule has 2 aromatic heterocycles. The number of halogens is 4. The first-order chi connectivity index (χ1) is 13.8. The molecule has 0 aliphatic carbocycles. The third kappa shape index (κ3) is 3.44. The first-order valence-corrected chi connectivity index (χ1v) is 9.72.